The molecular weight excluding hydrogens is 616 g/mol. The maximum absolute atomic E-state index is 10.7. The molecule has 6 rings (SSSR count). The second kappa shape index (κ2) is 16.9. The Morgan fingerprint density at radius 3 is 1.53 bits per heavy atom. The van der Waals surface area contributed by atoms with Gasteiger partial charge in [-0.05, 0) is 68.9 Å². The number of likely N-dealkylation sites (N-methyl/N-ethyl adjacent to an activating group) is 2. The van der Waals surface area contributed by atoms with Crippen LogP contribution in [-0.2, 0) is 0 Å². The molecule has 250 valence electrons. The number of anilines is 2. The molecule has 0 aliphatic carbocycles. The van der Waals surface area contributed by atoms with Crippen molar-refractivity contribution in [2.75, 3.05) is 76.3 Å². The molecule has 0 atom stereocenters. The third kappa shape index (κ3) is 9.99. The Morgan fingerprint density at radius 1 is 0.596 bits per heavy atom. The minimum absolute atomic E-state index is 0. The molecule has 11 heteroatoms. The molecule has 4 aromatic carbocycles. The fourth-order valence-electron chi connectivity index (χ4n) is 5.53. The number of piperazine rings is 2. The van der Waals surface area contributed by atoms with E-state index in [1.54, 1.807) is 25.1 Å². The number of hydrogen-bond acceptors (Lipinski definition) is 8. The van der Waals surface area contributed by atoms with Crippen LogP contribution in [-0.4, -0.2) is 86.1 Å². The van der Waals surface area contributed by atoms with Crippen molar-refractivity contribution in [3.63, 3.8) is 0 Å². The van der Waals surface area contributed by atoms with Gasteiger partial charge >= 0.3 is 0 Å². The first-order valence-corrected chi connectivity index (χ1v) is 16.1. The van der Waals surface area contributed by atoms with Gasteiger partial charge in [-0.15, -0.1) is 0 Å². The highest BCUT2D eigenvalue weighted by Crippen LogP contribution is 2.29. The fraction of sp³-hybridized carbons (Fsp3) is 0.333. The van der Waals surface area contributed by atoms with Gasteiger partial charge in [0.15, 0.2) is 0 Å². The standard InChI is InChI=1S/C13H12.C12H17N3O2.C11H14ClN3O2.H2/c1-11-7-5-6-10-13(11)12-8-3-2-4-9-12;1-10-9-11(3-4-12(10)15(16)17)14-7-5-13(2)6-8-14;1-13-4-6-14(7-5-13)9-2-3-11(15(16)17)10(12)8-9;/h2-10H,1H3;3-4,9H,5-8H2,1-2H3;2-3,8H,4-7H2,1H3;1H/i;;;1+1. The number of rotatable bonds is 5. The largest absolute Gasteiger partial charge is 0.369 e. The summed E-state index contributed by atoms with van der Waals surface area (Å²) in [6.45, 7) is 11.8. The fourth-order valence-corrected chi connectivity index (χ4v) is 5.77. The van der Waals surface area contributed by atoms with Gasteiger partial charge in [0.05, 0.1) is 9.85 Å². The van der Waals surface area contributed by atoms with E-state index >= 15 is 0 Å². The van der Waals surface area contributed by atoms with Crippen molar-refractivity contribution in [2.45, 2.75) is 13.8 Å². The van der Waals surface area contributed by atoms with E-state index in [0.29, 0.717) is 0 Å². The van der Waals surface area contributed by atoms with Crippen LogP contribution < -0.4 is 9.80 Å². The third-order valence-electron chi connectivity index (χ3n) is 8.47. The van der Waals surface area contributed by atoms with Crippen LogP contribution in [0.15, 0.2) is 91.0 Å². The maximum Gasteiger partial charge on any atom is 0.288 e. The maximum atomic E-state index is 10.7. The Morgan fingerprint density at radius 2 is 1.06 bits per heavy atom. The molecule has 0 radical (unpaired) electrons. The van der Waals surface area contributed by atoms with Gasteiger partial charge in [-0.25, -0.2) is 0 Å². The molecule has 0 spiro atoms. The van der Waals surface area contributed by atoms with Crippen molar-refractivity contribution < 1.29 is 11.3 Å². The summed E-state index contributed by atoms with van der Waals surface area (Å²) in [6, 6.07) is 29.2. The Hall–Kier alpha value is -4.51. The molecule has 0 aromatic heterocycles. The molecule has 0 N–H and O–H groups in total. The average molecular weight is 662 g/mol. The summed E-state index contributed by atoms with van der Waals surface area (Å²) in [4.78, 5) is 29.6. The normalized spacial score (nSPS) is 15.2. The van der Waals surface area contributed by atoms with E-state index in [1.807, 2.05) is 18.2 Å². The molecule has 2 saturated heterocycles. The van der Waals surface area contributed by atoms with Crippen LogP contribution in [0.25, 0.3) is 11.1 Å². The second-order valence-electron chi connectivity index (χ2n) is 11.9. The zero-order valence-corrected chi connectivity index (χ0v) is 28.3. The van der Waals surface area contributed by atoms with Crippen LogP contribution >= 0.6 is 11.6 Å². The van der Waals surface area contributed by atoms with Gasteiger partial charge in [0.25, 0.3) is 11.4 Å². The van der Waals surface area contributed by atoms with Crippen molar-refractivity contribution in [3.05, 3.63) is 127 Å². The van der Waals surface area contributed by atoms with E-state index in [-0.39, 0.29) is 22.7 Å². The molecule has 2 aliphatic heterocycles. The van der Waals surface area contributed by atoms with Crippen molar-refractivity contribution in [1.82, 2.24) is 9.80 Å². The third-order valence-corrected chi connectivity index (χ3v) is 8.77. The Balaban J connectivity index is 0.000000195. The lowest BCUT2D eigenvalue weighted by Crippen LogP contribution is -2.44. The van der Waals surface area contributed by atoms with Crippen molar-refractivity contribution in [3.8, 4) is 11.1 Å². The van der Waals surface area contributed by atoms with Gasteiger partial charge in [0.2, 0.25) is 0 Å². The SMILES string of the molecule is CN1CCN(c2ccc([N+](=O)[O-])c(Cl)c2)CC1.Cc1cc(N2CCN(C)CC2)ccc1[N+](=O)[O-].Cc1ccccc1-c1ccccc1.[2HH]. The summed E-state index contributed by atoms with van der Waals surface area (Å²) >= 11 is 5.89. The van der Waals surface area contributed by atoms with Gasteiger partial charge in [-0.2, -0.15) is 0 Å². The Bertz CT molecular complexity index is 1560. The summed E-state index contributed by atoms with van der Waals surface area (Å²) < 4.78 is 0. The summed E-state index contributed by atoms with van der Waals surface area (Å²) in [7, 11) is 4.19. The molecular formula is C36H45ClN6O4. The van der Waals surface area contributed by atoms with Crippen molar-refractivity contribution in [1.29, 1.82) is 0 Å². The molecule has 2 heterocycles. The lowest BCUT2D eigenvalue weighted by Gasteiger charge is -2.34. The first-order chi connectivity index (χ1) is 22.5. The van der Waals surface area contributed by atoms with Crippen LogP contribution in [0.5, 0.6) is 0 Å². The zero-order chi connectivity index (χ0) is 33.9. The zero-order valence-electron chi connectivity index (χ0n) is 27.5. The highest BCUT2D eigenvalue weighted by Gasteiger charge is 2.19. The van der Waals surface area contributed by atoms with E-state index in [0.717, 1.165) is 69.3 Å². The van der Waals surface area contributed by atoms with E-state index < -0.39 is 4.92 Å². The van der Waals surface area contributed by atoms with Gasteiger partial charge in [-0.1, -0.05) is 66.2 Å². The number of halogens is 1. The molecule has 47 heavy (non-hydrogen) atoms. The minimum Gasteiger partial charge on any atom is -0.369 e. The number of nitro benzene ring substituents is 2. The summed E-state index contributed by atoms with van der Waals surface area (Å²) in [5, 5.41) is 21.6. The Kier molecular flexibility index (Phi) is 12.7. The molecule has 4 aromatic rings. The molecule has 0 unspecified atom stereocenters. The van der Waals surface area contributed by atoms with Gasteiger partial charge < -0.3 is 19.6 Å². The number of aryl methyl sites for hydroxylation is 2. The van der Waals surface area contributed by atoms with E-state index in [4.69, 9.17) is 11.6 Å². The van der Waals surface area contributed by atoms with E-state index in [2.05, 4.69) is 89.1 Å². The molecule has 10 nitrogen and oxygen atoms in total. The number of nitrogens with zero attached hydrogens (tertiary/aromatic N) is 6. The topological polar surface area (TPSA) is 99.2 Å². The van der Waals surface area contributed by atoms with Crippen molar-refractivity contribution >= 4 is 34.4 Å². The number of hydrogen-bond donors (Lipinski definition) is 0. The van der Waals surface area contributed by atoms with E-state index in [9.17, 15) is 20.2 Å². The van der Waals surface area contributed by atoms with Crippen LogP contribution in [0.3, 0.4) is 0 Å². The highest BCUT2D eigenvalue weighted by molar-refractivity contribution is 6.32. The van der Waals surface area contributed by atoms with Crippen molar-refractivity contribution in [2.24, 2.45) is 0 Å². The lowest BCUT2D eigenvalue weighted by molar-refractivity contribution is -0.385. The van der Waals surface area contributed by atoms with Gasteiger partial charge in [0.1, 0.15) is 5.02 Å². The first kappa shape index (κ1) is 35.3. The molecule has 0 bridgehead atoms. The quantitative estimate of drug-likeness (QED) is 0.160. The Labute approximate surface area is 283 Å². The summed E-state index contributed by atoms with van der Waals surface area (Å²) in [5.41, 5.74) is 6.87. The lowest BCUT2D eigenvalue weighted by atomic mass is 10.0. The summed E-state index contributed by atoms with van der Waals surface area (Å²) in [6.07, 6.45) is 0. The van der Waals surface area contributed by atoms with Crippen LogP contribution in [0.4, 0.5) is 22.7 Å². The minimum atomic E-state index is -0.462. The smallest absolute Gasteiger partial charge is 0.288 e. The predicted octanol–water partition coefficient (Wildman–Crippen LogP) is 7.56. The monoisotopic (exact) mass is 661 g/mol. The first-order valence-electron chi connectivity index (χ1n) is 15.7. The highest BCUT2D eigenvalue weighted by atomic mass is 35.5. The van der Waals surface area contributed by atoms with Gasteiger partial charge in [-0.3, -0.25) is 20.2 Å². The van der Waals surface area contributed by atoms with Gasteiger partial charge in [0, 0.05) is 82.9 Å². The number of benzene rings is 4. The molecule has 2 fully saturated rings. The second-order valence-corrected chi connectivity index (χ2v) is 12.3. The molecule has 0 amide bonds. The molecule has 2 aliphatic rings. The van der Waals surface area contributed by atoms with Crippen LogP contribution in [0, 0.1) is 34.1 Å². The van der Waals surface area contributed by atoms with Crippen LogP contribution in [0.2, 0.25) is 5.02 Å². The van der Waals surface area contributed by atoms with Crippen LogP contribution in [0.1, 0.15) is 12.6 Å². The molecule has 0 saturated carbocycles. The predicted molar refractivity (Wildman–Crippen MR) is 194 cm³/mol. The average Bonchev–Trinajstić information content (AvgIpc) is 3.06. The number of nitro groups is 2. The van der Waals surface area contributed by atoms with E-state index in [1.165, 1.54) is 22.8 Å². The summed E-state index contributed by atoms with van der Waals surface area (Å²) in [5.74, 6) is 0.